The van der Waals surface area contributed by atoms with Gasteiger partial charge in [-0.05, 0) is 0 Å². The van der Waals surface area contributed by atoms with Gasteiger partial charge in [-0.2, -0.15) is 13.2 Å². The molecule has 0 aliphatic rings. The predicted octanol–water partition coefficient (Wildman–Crippen LogP) is -0.480. The Kier molecular flexibility index (Phi) is 5.93. The van der Waals surface area contributed by atoms with Gasteiger partial charge in [0, 0.05) is 13.0 Å². The number of carboxylic acids is 1. The number of amides is 3. The van der Waals surface area contributed by atoms with E-state index in [1.807, 2.05) is 5.32 Å². The fourth-order valence-corrected chi connectivity index (χ4v) is 0.984. The number of carbonyl (C=O) groups is 3. The monoisotopic (exact) mass is 271 g/mol. The van der Waals surface area contributed by atoms with Crippen LogP contribution in [0, 0.1) is 0 Å². The molecule has 0 aromatic heterocycles. The van der Waals surface area contributed by atoms with Gasteiger partial charge >= 0.3 is 18.2 Å². The third-order valence-corrected chi connectivity index (χ3v) is 1.63. The first-order valence-electron chi connectivity index (χ1n) is 4.71. The van der Waals surface area contributed by atoms with Crippen LogP contribution in [0.1, 0.15) is 6.42 Å². The fourth-order valence-electron chi connectivity index (χ4n) is 0.984. The molecule has 4 N–H and O–H groups in total. The Hall–Kier alpha value is -2.00. The molecule has 18 heavy (non-hydrogen) atoms. The van der Waals surface area contributed by atoms with Gasteiger partial charge in [-0.15, -0.1) is 0 Å². The van der Waals surface area contributed by atoms with Crippen molar-refractivity contribution in [2.75, 3.05) is 19.6 Å². The number of urea groups is 1. The molecule has 0 bridgehead atoms. The Morgan fingerprint density at radius 2 is 1.83 bits per heavy atom. The zero-order chi connectivity index (χ0) is 14.3. The Labute approximate surface area is 99.7 Å². The van der Waals surface area contributed by atoms with Gasteiger partial charge < -0.3 is 21.1 Å². The summed E-state index contributed by atoms with van der Waals surface area (Å²) in [6.45, 7) is -3.05. The number of aliphatic carboxylic acids is 1. The van der Waals surface area contributed by atoms with E-state index in [9.17, 15) is 27.6 Å². The van der Waals surface area contributed by atoms with Gasteiger partial charge in [0.15, 0.2) is 0 Å². The average molecular weight is 271 g/mol. The summed E-state index contributed by atoms with van der Waals surface area (Å²) >= 11 is 0. The van der Waals surface area contributed by atoms with Crippen molar-refractivity contribution in [2.24, 2.45) is 5.73 Å². The van der Waals surface area contributed by atoms with E-state index < -0.39 is 37.2 Å². The average Bonchev–Trinajstić information content (AvgIpc) is 2.12. The maximum Gasteiger partial charge on any atom is 0.406 e. The minimum atomic E-state index is -4.71. The van der Waals surface area contributed by atoms with Crippen LogP contribution in [0.5, 0.6) is 0 Å². The maximum atomic E-state index is 12.1. The van der Waals surface area contributed by atoms with Gasteiger partial charge in [0.2, 0.25) is 5.91 Å². The van der Waals surface area contributed by atoms with Crippen molar-refractivity contribution in [3.8, 4) is 0 Å². The van der Waals surface area contributed by atoms with Gasteiger partial charge in [0.1, 0.15) is 13.1 Å². The second-order valence-corrected chi connectivity index (χ2v) is 3.31. The number of rotatable bonds is 6. The predicted molar refractivity (Wildman–Crippen MR) is 52.5 cm³/mol. The summed E-state index contributed by atoms with van der Waals surface area (Å²) in [5.74, 6) is -2.32. The number of primary amides is 1. The second kappa shape index (κ2) is 6.67. The van der Waals surface area contributed by atoms with E-state index in [1.54, 1.807) is 0 Å². The smallest absolute Gasteiger partial charge is 0.406 e. The van der Waals surface area contributed by atoms with Crippen LogP contribution in [0.4, 0.5) is 18.0 Å². The van der Waals surface area contributed by atoms with Gasteiger partial charge in [-0.1, -0.05) is 0 Å². The summed E-state index contributed by atoms with van der Waals surface area (Å²) in [5, 5.41) is 10.3. The lowest BCUT2D eigenvalue weighted by atomic mass is 10.4. The number of nitrogens with zero attached hydrogens (tertiary/aromatic N) is 1. The van der Waals surface area contributed by atoms with E-state index >= 15 is 0 Å². The number of alkyl halides is 3. The van der Waals surface area contributed by atoms with E-state index in [2.05, 4.69) is 0 Å². The van der Waals surface area contributed by atoms with Crippen LogP contribution < -0.4 is 11.1 Å². The summed E-state index contributed by atoms with van der Waals surface area (Å²) in [7, 11) is 0. The van der Waals surface area contributed by atoms with Crippen LogP contribution >= 0.6 is 0 Å². The Bertz CT molecular complexity index is 332. The molecular formula is C8H12F3N3O4. The lowest BCUT2D eigenvalue weighted by Gasteiger charge is -2.22. The number of carboxylic acid groups (broad SMARTS) is 1. The molecular weight excluding hydrogens is 259 g/mol. The minimum absolute atomic E-state index is 0.0727. The summed E-state index contributed by atoms with van der Waals surface area (Å²) in [6.07, 6.45) is -4.96. The van der Waals surface area contributed by atoms with Crippen molar-refractivity contribution in [1.29, 1.82) is 0 Å². The number of carbonyl (C=O) groups excluding carboxylic acids is 2. The molecule has 0 unspecified atom stereocenters. The highest BCUT2D eigenvalue weighted by Gasteiger charge is 2.33. The molecule has 0 heterocycles. The quantitative estimate of drug-likeness (QED) is 0.605. The van der Waals surface area contributed by atoms with Gasteiger partial charge in [0.05, 0.1) is 0 Å². The number of nitrogens with two attached hydrogens (primary N) is 1. The molecule has 0 rings (SSSR count). The first kappa shape index (κ1) is 16.0. The van der Waals surface area contributed by atoms with Gasteiger partial charge in [-0.3, -0.25) is 9.59 Å². The van der Waals surface area contributed by atoms with E-state index in [0.717, 1.165) is 0 Å². The fraction of sp³-hybridized carbons (Fsp3) is 0.625. The molecule has 7 nitrogen and oxygen atoms in total. The number of hydrogen-bond acceptors (Lipinski definition) is 3. The second-order valence-electron chi connectivity index (χ2n) is 3.31. The molecule has 3 amide bonds. The lowest BCUT2D eigenvalue weighted by Crippen LogP contribution is -2.47. The molecule has 0 fully saturated rings. The lowest BCUT2D eigenvalue weighted by molar-refractivity contribution is -0.149. The van der Waals surface area contributed by atoms with Gasteiger partial charge in [0.25, 0.3) is 0 Å². The third-order valence-electron chi connectivity index (χ3n) is 1.63. The van der Waals surface area contributed by atoms with Crippen molar-refractivity contribution in [3.63, 3.8) is 0 Å². The SMILES string of the molecule is NC(=O)CCNC(=O)N(CC(=O)O)CC(F)(F)F. The molecule has 0 atom stereocenters. The number of nitrogens with one attached hydrogen (secondary N) is 1. The molecule has 0 aliphatic heterocycles. The van der Waals surface area contributed by atoms with Crippen molar-refractivity contribution < 1.29 is 32.7 Å². The van der Waals surface area contributed by atoms with Crippen molar-refractivity contribution >= 4 is 17.9 Å². The first-order valence-corrected chi connectivity index (χ1v) is 4.71. The standard InChI is InChI=1S/C8H12F3N3O4/c9-8(10,11)4-14(3-6(16)17)7(18)13-2-1-5(12)15/h1-4H2,(H2,12,15)(H,13,18)(H,16,17). The Morgan fingerprint density at radius 1 is 1.28 bits per heavy atom. The highest BCUT2D eigenvalue weighted by atomic mass is 19.4. The topological polar surface area (TPSA) is 113 Å². The summed E-state index contributed by atoms with van der Waals surface area (Å²) in [5.41, 5.74) is 4.76. The summed E-state index contributed by atoms with van der Waals surface area (Å²) in [4.78, 5) is 32.0. The third kappa shape index (κ3) is 8.19. The molecule has 0 aromatic rings. The van der Waals surface area contributed by atoms with Crippen LogP contribution in [0.3, 0.4) is 0 Å². The molecule has 0 aliphatic carbocycles. The van der Waals surface area contributed by atoms with Crippen molar-refractivity contribution in [2.45, 2.75) is 12.6 Å². The number of hydrogen-bond donors (Lipinski definition) is 3. The Balaban J connectivity index is 4.40. The highest BCUT2D eigenvalue weighted by molar-refractivity contribution is 5.80. The van der Waals surface area contributed by atoms with E-state index in [-0.39, 0.29) is 17.9 Å². The molecule has 0 saturated heterocycles. The summed E-state index contributed by atoms with van der Waals surface area (Å²) in [6, 6.07) is -1.23. The normalized spacial score (nSPS) is 10.8. The van der Waals surface area contributed by atoms with Crippen LogP contribution in [0.15, 0.2) is 0 Å². The van der Waals surface area contributed by atoms with Crippen LogP contribution in [0.25, 0.3) is 0 Å². The van der Waals surface area contributed by atoms with E-state index in [4.69, 9.17) is 10.8 Å². The van der Waals surface area contributed by atoms with E-state index in [1.165, 1.54) is 0 Å². The zero-order valence-corrected chi connectivity index (χ0v) is 9.16. The van der Waals surface area contributed by atoms with Crippen LogP contribution in [0.2, 0.25) is 0 Å². The highest BCUT2D eigenvalue weighted by Crippen LogP contribution is 2.16. The van der Waals surface area contributed by atoms with Crippen LogP contribution in [-0.4, -0.2) is 53.7 Å². The summed E-state index contributed by atoms with van der Waals surface area (Å²) < 4.78 is 36.2. The molecule has 0 radical (unpaired) electrons. The Morgan fingerprint density at radius 3 is 2.22 bits per heavy atom. The molecule has 0 saturated carbocycles. The minimum Gasteiger partial charge on any atom is -0.480 e. The molecule has 0 aromatic carbocycles. The molecule has 104 valence electrons. The number of halogens is 3. The molecule has 0 spiro atoms. The van der Waals surface area contributed by atoms with Crippen LogP contribution in [-0.2, 0) is 9.59 Å². The van der Waals surface area contributed by atoms with Gasteiger partial charge in [-0.25, -0.2) is 4.79 Å². The first-order chi connectivity index (χ1) is 8.11. The zero-order valence-electron chi connectivity index (χ0n) is 9.16. The van der Waals surface area contributed by atoms with Crippen molar-refractivity contribution in [3.05, 3.63) is 0 Å². The van der Waals surface area contributed by atoms with E-state index in [0.29, 0.717) is 0 Å². The molecule has 10 heteroatoms. The van der Waals surface area contributed by atoms with Crippen molar-refractivity contribution in [1.82, 2.24) is 10.2 Å². The maximum absolute atomic E-state index is 12.1. The largest absolute Gasteiger partial charge is 0.480 e.